The van der Waals surface area contributed by atoms with Gasteiger partial charge < -0.3 is 10.2 Å². The highest BCUT2D eigenvalue weighted by molar-refractivity contribution is 9.10. The van der Waals surface area contributed by atoms with E-state index in [2.05, 4.69) is 15.9 Å². The van der Waals surface area contributed by atoms with E-state index < -0.39 is 18.4 Å². The van der Waals surface area contributed by atoms with Gasteiger partial charge in [0.25, 0.3) is 0 Å². The van der Waals surface area contributed by atoms with Gasteiger partial charge in [-0.05, 0) is 28.1 Å². The summed E-state index contributed by atoms with van der Waals surface area (Å²) in [4.78, 5) is 10.6. The van der Waals surface area contributed by atoms with Gasteiger partial charge in [-0.25, -0.2) is 9.18 Å². The molecule has 1 aromatic rings. The summed E-state index contributed by atoms with van der Waals surface area (Å²) in [5, 5.41) is 17.4. The Balaban J connectivity index is 3.38. The molecule has 0 heterocycles. The van der Waals surface area contributed by atoms with Crippen LogP contribution in [-0.4, -0.2) is 16.2 Å². The summed E-state index contributed by atoms with van der Waals surface area (Å²) in [6, 6.07) is 2.53. The van der Waals surface area contributed by atoms with E-state index in [9.17, 15) is 9.18 Å². The average molecular weight is 249 g/mol. The first-order chi connectivity index (χ1) is 6.07. The van der Waals surface area contributed by atoms with Crippen LogP contribution < -0.4 is 0 Å². The lowest BCUT2D eigenvalue weighted by atomic mass is 10.1. The van der Waals surface area contributed by atoms with E-state index in [-0.39, 0.29) is 15.6 Å². The lowest BCUT2D eigenvalue weighted by molar-refractivity contribution is 0.0692. The van der Waals surface area contributed by atoms with E-state index >= 15 is 0 Å². The maximum atomic E-state index is 13.2. The van der Waals surface area contributed by atoms with E-state index in [0.717, 1.165) is 0 Å². The molecule has 0 aromatic heterocycles. The van der Waals surface area contributed by atoms with Gasteiger partial charge in [0, 0.05) is 5.56 Å². The summed E-state index contributed by atoms with van der Waals surface area (Å²) in [6.07, 6.45) is 0. The predicted octanol–water partition coefficient (Wildman–Crippen LogP) is 1.78. The van der Waals surface area contributed by atoms with Gasteiger partial charge in [0.1, 0.15) is 5.82 Å². The molecule has 0 aliphatic rings. The number of aromatic carboxylic acids is 1. The summed E-state index contributed by atoms with van der Waals surface area (Å²) in [7, 11) is 0. The van der Waals surface area contributed by atoms with Gasteiger partial charge >= 0.3 is 5.97 Å². The van der Waals surface area contributed by atoms with Crippen LogP contribution in [0.25, 0.3) is 0 Å². The fourth-order valence-electron chi connectivity index (χ4n) is 0.948. The van der Waals surface area contributed by atoms with Crippen molar-refractivity contribution in [2.45, 2.75) is 6.61 Å². The Labute approximate surface area is 81.9 Å². The largest absolute Gasteiger partial charge is 0.478 e. The Morgan fingerprint density at radius 3 is 2.62 bits per heavy atom. The van der Waals surface area contributed by atoms with Gasteiger partial charge in [0.2, 0.25) is 0 Å². The van der Waals surface area contributed by atoms with Crippen LogP contribution in [0.4, 0.5) is 4.39 Å². The maximum absolute atomic E-state index is 13.2. The third-order valence-electron chi connectivity index (χ3n) is 1.58. The molecule has 0 amide bonds. The van der Waals surface area contributed by atoms with Crippen molar-refractivity contribution in [3.05, 3.63) is 33.5 Å². The molecule has 0 aliphatic carbocycles. The molecule has 2 N–H and O–H groups in total. The number of carbonyl (C=O) groups is 1. The second-order valence-corrected chi connectivity index (χ2v) is 3.21. The molecule has 0 aliphatic heterocycles. The number of benzene rings is 1. The SMILES string of the molecule is O=C(O)c1ccc(Br)c(F)c1CO. The van der Waals surface area contributed by atoms with Crippen LogP contribution in [0, 0.1) is 5.82 Å². The van der Waals surface area contributed by atoms with Gasteiger partial charge in [0.15, 0.2) is 0 Å². The second-order valence-electron chi connectivity index (χ2n) is 2.35. The van der Waals surface area contributed by atoms with Crippen molar-refractivity contribution in [3.63, 3.8) is 0 Å². The van der Waals surface area contributed by atoms with E-state index in [1.54, 1.807) is 0 Å². The maximum Gasteiger partial charge on any atom is 0.336 e. The highest BCUT2D eigenvalue weighted by Gasteiger charge is 2.15. The Morgan fingerprint density at radius 2 is 2.15 bits per heavy atom. The van der Waals surface area contributed by atoms with Gasteiger partial charge in [-0.1, -0.05) is 0 Å². The first-order valence-electron chi connectivity index (χ1n) is 3.39. The minimum absolute atomic E-state index is 0.140. The molecule has 1 aromatic carbocycles. The molecule has 0 spiro atoms. The molecule has 0 unspecified atom stereocenters. The second kappa shape index (κ2) is 3.85. The number of carboxylic acids is 1. The number of rotatable bonds is 2. The van der Waals surface area contributed by atoms with Crippen LogP contribution in [0.1, 0.15) is 15.9 Å². The van der Waals surface area contributed by atoms with Crippen molar-refractivity contribution >= 4 is 21.9 Å². The number of aliphatic hydroxyl groups is 1. The number of aliphatic hydroxyl groups excluding tert-OH is 1. The topological polar surface area (TPSA) is 57.5 Å². The quantitative estimate of drug-likeness (QED) is 0.839. The van der Waals surface area contributed by atoms with Crippen LogP contribution in [0.15, 0.2) is 16.6 Å². The van der Waals surface area contributed by atoms with E-state index in [1.165, 1.54) is 12.1 Å². The first-order valence-corrected chi connectivity index (χ1v) is 4.18. The Bertz CT molecular complexity index is 351. The van der Waals surface area contributed by atoms with Crippen molar-refractivity contribution in [1.82, 2.24) is 0 Å². The normalized spacial score (nSPS) is 10.1. The summed E-state index contributed by atoms with van der Waals surface area (Å²) >= 11 is 2.89. The minimum atomic E-state index is -1.25. The van der Waals surface area contributed by atoms with Crippen molar-refractivity contribution in [1.29, 1.82) is 0 Å². The Hall–Kier alpha value is -0.940. The molecule has 3 nitrogen and oxygen atoms in total. The van der Waals surface area contributed by atoms with Crippen molar-refractivity contribution in [3.8, 4) is 0 Å². The van der Waals surface area contributed by atoms with Crippen LogP contribution >= 0.6 is 15.9 Å². The highest BCUT2D eigenvalue weighted by Crippen LogP contribution is 2.22. The number of carboxylic acid groups (broad SMARTS) is 1. The molecule has 0 saturated carbocycles. The van der Waals surface area contributed by atoms with Crippen LogP contribution in [-0.2, 0) is 6.61 Å². The zero-order valence-electron chi connectivity index (χ0n) is 6.42. The zero-order valence-corrected chi connectivity index (χ0v) is 8.01. The van der Waals surface area contributed by atoms with Gasteiger partial charge in [-0.3, -0.25) is 0 Å². The monoisotopic (exact) mass is 248 g/mol. The molecule has 5 heteroatoms. The van der Waals surface area contributed by atoms with Gasteiger partial charge in [-0.2, -0.15) is 0 Å². The van der Waals surface area contributed by atoms with E-state index in [0.29, 0.717) is 0 Å². The standard InChI is InChI=1S/C8H6BrFO3/c9-6-2-1-4(8(12)13)5(3-11)7(6)10/h1-2,11H,3H2,(H,12,13). The minimum Gasteiger partial charge on any atom is -0.478 e. The first kappa shape index (κ1) is 10.1. The molecule has 70 valence electrons. The molecular weight excluding hydrogens is 243 g/mol. The molecule has 0 radical (unpaired) electrons. The summed E-state index contributed by atoms with van der Waals surface area (Å²) < 4.78 is 13.3. The number of hydrogen-bond donors (Lipinski definition) is 2. The van der Waals surface area contributed by atoms with Crippen molar-refractivity contribution in [2.75, 3.05) is 0 Å². The van der Waals surface area contributed by atoms with Crippen LogP contribution in [0.2, 0.25) is 0 Å². The Morgan fingerprint density at radius 1 is 1.54 bits per heavy atom. The molecule has 0 fully saturated rings. The summed E-state index contributed by atoms with van der Waals surface area (Å²) in [6.45, 7) is -0.632. The fraction of sp³-hybridized carbons (Fsp3) is 0.125. The lowest BCUT2D eigenvalue weighted by Crippen LogP contribution is -2.05. The smallest absolute Gasteiger partial charge is 0.336 e. The average Bonchev–Trinajstić information content (AvgIpc) is 2.09. The van der Waals surface area contributed by atoms with E-state index in [4.69, 9.17) is 10.2 Å². The molecule has 1 rings (SSSR count). The van der Waals surface area contributed by atoms with Crippen LogP contribution in [0.3, 0.4) is 0 Å². The third-order valence-corrected chi connectivity index (χ3v) is 2.20. The van der Waals surface area contributed by atoms with Crippen molar-refractivity contribution < 1.29 is 19.4 Å². The predicted molar refractivity (Wildman–Crippen MR) is 47.0 cm³/mol. The molecule has 0 atom stereocenters. The summed E-state index contributed by atoms with van der Waals surface area (Å²) in [5.74, 6) is -1.99. The molecule has 13 heavy (non-hydrogen) atoms. The number of hydrogen-bond acceptors (Lipinski definition) is 2. The lowest BCUT2D eigenvalue weighted by Gasteiger charge is -2.05. The molecule has 0 bridgehead atoms. The summed E-state index contributed by atoms with van der Waals surface area (Å²) in [5.41, 5.74) is -0.426. The Kier molecular flexibility index (Phi) is 3.00. The van der Waals surface area contributed by atoms with Crippen LogP contribution in [0.5, 0.6) is 0 Å². The number of halogens is 2. The highest BCUT2D eigenvalue weighted by atomic mass is 79.9. The van der Waals surface area contributed by atoms with Gasteiger partial charge in [0.05, 0.1) is 16.6 Å². The van der Waals surface area contributed by atoms with E-state index in [1.807, 2.05) is 0 Å². The molecule has 0 saturated heterocycles. The third kappa shape index (κ3) is 1.87. The fourth-order valence-corrected chi connectivity index (χ4v) is 1.32. The van der Waals surface area contributed by atoms with Gasteiger partial charge in [-0.15, -0.1) is 0 Å². The molecular formula is C8H6BrFO3. The van der Waals surface area contributed by atoms with Crippen molar-refractivity contribution in [2.24, 2.45) is 0 Å². The zero-order chi connectivity index (χ0) is 10.0.